The minimum Gasteiger partial charge on any atom is -0.315 e. The Morgan fingerprint density at radius 1 is 0.947 bits per heavy atom. The Labute approximate surface area is 122 Å². The largest absolute Gasteiger partial charge is 0.315 e. The van der Waals surface area contributed by atoms with E-state index in [-0.39, 0.29) is 0 Å². The fourth-order valence-electron chi connectivity index (χ4n) is 2.80. The van der Waals surface area contributed by atoms with Crippen LogP contribution in [0.15, 0.2) is 0 Å². The number of unbranched alkanes of at least 4 members (excludes halogenated alkanes) is 2. The van der Waals surface area contributed by atoms with Gasteiger partial charge in [-0.3, -0.25) is 4.90 Å². The first kappa shape index (κ1) is 18.9. The summed E-state index contributed by atoms with van der Waals surface area (Å²) in [4.78, 5) is 2.72. The van der Waals surface area contributed by atoms with Crippen LogP contribution in [0.4, 0.5) is 0 Å². The molecule has 0 aliphatic heterocycles. The maximum absolute atomic E-state index is 3.64. The molecule has 0 saturated heterocycles. The van der Waals surface area contributed by atoms with Crippen molar-refractivity contribution >= 4 is 0 Å². The smallest absolute Gasteiger partial charge is 0.0195 e. The van der Waals surface area contributed by atoms with Crippen LogP contribution in [0.25, 0.3) is 0 Å². The molecule has 19 heavy (non-hydrogen) atoms. The number of rotatable bonds is 12. The molecule has 0 rings (SSSR count). The Hall–Kier alpha value is -0.0800. The van der Waals surface area contributed by atoms with E-state index >= 15 is 0 Å². The van der Waals surface area contributed by atoms with Gasteiger partial charge in [-0.2, -0.15) is 0 Å². The lowest BCUT2D eigenvalue weighted by Gasteiger charge is -2.37. The third kappa shape index (κ3) is 8.65. The molecule has 0 aliphatic rings. The molecule has 0 aromatic carbocycles. The Kier molecular flexibility index (Phi) is 11.7. The van der Waals surface area contributed by atoms with Crippen LogP contribution < -0.4 is 5.32 Å². The fraction of sp³-hybridized carbons (Fsp3) is 1.00. The second-order valence-electron chi connectivity index (χ2n) is 6.32. The van der Waals surface area contributed by atoms with Gasteiger partial charge in [0, 0.05) is 25.2 Å². The molecule has 0 aromatic heterocycles. The SMILES string of the molecule is CCCCCNCC(C)N(CC(C)C)C(CC)CC. The van der Waals surface area contributed by atoms with Crippen molar-refractivity contribution in [3.05, 3.63) is 0 Å². The van der Waals surface area contributed by atoms with E-state index in [4.69, 9.17) is 0 Å². The predicted molar refractivity (Wildman–Crippen MR) is 87.8 cm³/mol. The average molecular weight is 271 g/mol. The normalized spacial score (nSPS) is 13.7. The molecule has 0 aromatic rings. The molecular weight excluding hydrogens is 232 g/mol. The molecular formula is C17H38N2. The standard InChI is InChI=1S/C17H38N2/c1-7-10-11-12-18-13-16(6)19(14-15(4)5)17(8-2)9-3/h15-18H,7-14H2,1-6H3. The predicted octanol–water partition coefficient (Wildman–Crippen LogP) is 4.30. The fourth-order valence-corrected chi connectivity index (χ4v) is 2.80. The second kappa shape index (κ2) is 11.7. The van der Waals surface area contributed by atoms with Crippen molar-refractivity contribution in [3.8, 4) is 0 Å². The van der Waals surface area contributed by atoms with Crippen LogP contribution in [0.1, 0.15) is 73.6 Å². The van der Waals surface area contributed by atoms with E-state index in [1.807, 2.05) is 0 Å². The number of nitrogens with zero attached hydrogens (tertiary/aromatic N) is 1. The number of hydrogen-bond donors (Lipinski definition) is 1. The van der Waals surface area contributed by atoms with Crippen molar-refractivity contribution < 1.29 is 0 Å². The molecule has 0 radical (unpaired) electrons. The van der Waals surface area contributed by atoms with Gasteiger partial charge in [-0.05, 0) is 38.6 Å². The van der Waals surface area contributed by atoms with Crippen molar-refractivity contribution in [2.75, 3.05) is 19.6 Å². The maximum Gasteiger partial charge on any atom is 0.0195 e. The lowest BCUT2D eigenvalue weighted by atomic mass is 10.0. The van der Waals surface area contributed by atoms with Crippen LogP contribution in [0.3, 0.4) is 0 Å². The molecule has 0 heterocycles. The summed E-state index contributed by atoms with van der Waals surface area (Å²) in [6, 6.07) is 1.39. The second-order valence-corrected chi connectivity index (χ2v) is 6.32. The zero-order valence-electron chi connectivity index (χ0n) is 14.3. The van der Waals surface area contributed by atoms with Crippen LogP contribution in [0, 0.1) is 5.92 Å². The van der Waals surface area contributed by atoms with E-state index in [0.29, 0.717) is 6.04 Å². The Morgan fingerprint density at radius 3 is 2.05 bits per heavy atom. The molecule has 1 N–H and O–H groups in total. The highest BCUT2D eigenvalue weighted by Crippen LogP contribution is 2.15. The zero-order chi connectivity index (χ0) is 14.7. The molecule has 1 unspecified atom stereocenters. The van der Waals surface area contributed by atoms with Crippen LogP contribution in [0.5, 0.6) is 0 Å². The van der Waals surface area contributed by atoms with E-state index in [2.05, 4.69) is 51.8 Å². The first-order valence-corrected chi connectivity index (χ1v) is 8.53. The van der Waals surface area contributed by atoms with Gasteiger partial charge in [-0.15, -0.1) is 0 Å². The lowest BCUT2D eigenvalue weighted by molar-refractivity contribution is 0.117. The Morgan fingerprint density at radius 2 is 1.58 bits per heavy atom. The highest BCUT2D eigenvalue weighted by atomic mass is 15.2. The average Bonchev–Trinajstić information content (AvgIpc) is 2.38. The quantitative estimate of drug-likeness (QED) is 0.532. The van der Waals surface area contributed by atoms with Gasteiger partial charge in [0.1, 0.15) is 0 Å². The number of hydrogen-bond acceptors (Lipinski definition) is 2. The van der Waals surface area contributed by atoms with E-state index < -0.39 is 0 Å². The molecule has 0 amide bonds. The summed E-state index contributed by atoms with van der Waals surface area (Å²) in [5.41, 5.74) is 0. The minimum atomic E-state index is 0.647. The molecule has 0 fully saturated rings. The van der Waals surface area contributed by atoms with Gasteiger partial charge in [0.05, 0.1) is 0 Å². The maximum atomic E-state index is 3.64. The molecule has 0 spiro atoms. The van der Waals surface area contributed by atoms with Gasteiger partial charge >= 0.3 is 0 Å². The molecule has 0 aliphatic carbocycles. The topological polar surface area (TPSA) is 15.3 Å². The van der Waals surface area contributed by atoms with Crippen molar-refractivity contribution in [1.29, 1.82) is 0 Å². The summed E-state index contributed by atoms with van der Waals surface area (Å²) >= 11 is 0. The summed E-state index contributed by atoms with van der Waals surface area (Å²) in [5, 5.41) is 3.64. The third-order valence-corrected chi connectivity index (χ3v) is 3.95. The monoisotopic (exact) mass is 270 g/mol. The first-order chi connectivity index (χ1) is 9.06. The third-order valence-electron chi connectivity index (χ3n) is 3.95. The summed E-state index contributed by atoms with van der Waals surface area (Å²) in [6.45, 7) is 17.5. The van der Waals surface area contributed by atoms with Crippen LogP contribution >= 0.6 is 0 Å². The molecule has 0 bridgehead atoms. The highest BCUT2D eigenvalue weighted by Gasteiger charge is 2.21. The molecule has 2 nitrogen and oxygen atoms in total. The van der Waals surface area contributed by atoms with Crippen molar-refractivity contribution in [3.63, 3.8) is 0 Å². The van der Waals surface area contributed by atoms with Crippen LogP contribution in [-0.2, 0) is 0 Å². The lowest BCUT2D eigenvalue weighted by Crippen LogP contribution is -2.47. The van der Waals surface area contributed by atoms with E-state index in [1.54, 1.807) is 0 Å². The van der Waals surface area contributed by atoms with E-state index in [9.17, 15) is 0 Å². The van der Waals surface area contributed by atoms with Crippen molar-refractivity contribution in [1.82, 2.24) is 10.2 Å². The van der Waals surface area contributed by atoms with Gasteiger partial charge in [0.2, 0.25) is 0 Å². The summed E-state index contributed by atoms with van der Waals surface area (Å²) < 4.78 is 0. The zero-order valence-corrected chi connectivity index (χ0v) is 14.3. The van der Waals surface area contributed by atoms with Gasteiger partial charge in [0.15, 0.2) is 0 Å². The minimum absolute atomic E-state index is 0.647. The van der Waals surface area contributed by atoms with E-state index in [1.165, 1.54) is 45.2 Å². The van der Waals surface area contributed by atoms with Crippen LogP contribution in [-0.4, -0.2) is 36.6 Å². The van der Waals surface area contributed by atoms with Crippen molar-refractivity contribution in [2.24, 2.45) is 5.92 Å². The van der Waals surface area contributed by atoms with Gasteiger partial charge in [-0.1, -0.05) is 47.5 Å². The summed E-state index contributed by atoms with van der Waals surface area (Å²) in [7, 11) is 0. The van der Waals surface area contributed by atoms with Gasteiger partial charge < -0.3 is 5.32 Å². The molecule has 1 atom stereocenters. The van der Waals surface area contributed by atoms with Crippen molar-refractivity contribution in [2.45, 2.75) is 85.7 Å². The molecule has 2 heteroatoms. The van der Waals surface area contributed by atoms with Gasteiger partial charge in [0.25, 0.3) is 0 Å². The van der Waals surface area contributed by atoms with Gasteiger partial charge in [-0.25, -0.2) is 0 Å². The van der Waals surface area contributed by atoms with Crippen LogP contribution in [0.2, 0.25) is 0 Å². The Bertz CT molecular complexity index is 188. The van der Waals surface area contributed by atoms with E-state index in [0.717, 1.165) is 18.5 Å². The first-order valence-electron chi connectivity index (χ1n) is 8.53. The number of nitrogens with one attached hydrogen (secondary N) is 1. The summed E-state index contributed by atoms with van der Waals surface area (Å²) in [6.07, 6.45) is 6.51. The molecule has 116 valence electrons. The Balaban J connectivity index is 4.17. The highest BCUT2D eigenvalue weighted by molar-refractivity contribution is 4.77. The molecule has 0 saturated carbocycles. The summed E-state index contributed by atoms with van der Waals surface area (Å²) in [5.74, 6) is 0.753.